The van der Waals surface area contributed by atoms with Crippen molar-refractivity contribution < 1.29 is 13.3 Å². The van der Waals surface area contributed by atoms with Crippen LogP contribution in [0.1, 0.15) is 0 Å². The van der Waals surface area contributed by atoms with E-state index in [1.807, 2.05) is 0 Å². The van der Waals surface area contributed by atoms with Crippen LogP contribution in [0.3, 0.4) is 0 Å². The predicted octanol–water partition coefficient (Wildman–Crippen LogP) is -0.268. The van der Waals surface area contributed by atoms with Gasteiger partial charge in [-0.2, -0.15) is 9.55 Å². The summed E-state index contributed by atoms with van der Waals surface area (Å²) in [6, 6.07) is 0. The molecule has 0 radical (unpaired) electrons. The standard InChI is InChI=1S/C5H7N3O4S/c1-7-4(8(9)10)3-6-5(7)13(2,11)12/h3H,1-2H3. The fraction of sp³-hybridized carbons (Fsp3) is 0.400. The lowest BCUT2D eigenvalue weighted by molar-refractivity contribution is -0.392. The molecule has 0 spiro atoms. The maximum atomic E-state index is 11.0. The summed E-state index contributed by atoms with van der Waals surface area (Å²) in [6.07, 6.45) is 1.86. The molecule has 8 heteroatoms. The Morgan fingerprint density at radius 1 is 1.62 bits per heavy atom. The Hall–Kier alpha value is -1.44. The Morgan fingerprint density at radius 2 is 2.15 bits per heavy atom. The van der Waals surface area contributed by atoms with Crippen LogP contribution in [0.25, 0.3) is 0 Å². The molecule has 0 atom stereocenters. The number of aromatic nitrogens is 2. The van der Waals surface area contributed by atoms with Crippen LogP contribution in [0.5, 0.6) is 0 Å². The first-order valence-electron chi connectivity index (χ1n) is 3.20. The van der Waals surface area contributed by atoms with Crippen LogP contribution in [0.4, 0.5) is 5.82 Å². The van der Waals surface area contributed by atoms with Gasteiger partial charge in [-0.1, -0.05) is 0 Å². The second-order valence-corrected chi connectivity index (χ2v) is 4.40. The molecular formula is C5H7N3O4S. The van der Waals surface area contributed by atoms with Gasteiger partial charge in [0.25, 0.3) is 0 Å². The third-order valence-electron chi connectivity index (χ3n) is 1.44. The lowest BCUT2D eigenvalue weighted by atomic mass is 10.8. The van der Waals surface area contributed by atoms with Gasteiger partial charge in [0.15, 0.2) is 0 Å². The highest BCUT2D eigenvalue weighted by Gasteiger charge is 2.23. The zero-order valence-electron chi connectivity index (χ0n) is 6.96. The molecule has 13 heavy (non-hydrogen) atoms. The van der Waals surface area contributed by atoms with Crippen molar-refractivity contribution in [2.24, 2.45) is 7.05 Å². The summed E-state index contributed by atoms with van der Waals surface area (Å²) in [6.45, 7) is 0. The number of nitro groups is 1. The van der Waals surface area contributed by atoms with Gasteiger partial charge in [0.05, 0.1) is 7.05 Å². The summed E-state index contributed by atoms with van der Waals surface area (Å²) >= 11 is 0. The molecule has 0 saturated heterocycles. The number of rotatable bonds is 2. The van der Waals surface area contributed by atoms with Gasteiger partial charge >= 0.3 is 11.0 Å². The van der Waals surface area contributed by atoms with E-state index in [0.29, 0.717) is 0 Å². The van der Waals surface area contributed by atoms with Gasteiger partial charge in [-0.3, -0.25) is 0 Å². The fourth-order valence-corrected chi connectivity index (χ4v) is 1.73. The minimum atomic E-state index is -3.50. The van der Waals surface area contributed by atoms with Crippen molar-refractivity contribution in [1.29, 1.82) is 0 Å². The third kappa shape index (κ3) is 1.66. The van der Waals surface area contributed by atoms with Crippen LogP contribution in [0, 0.1) is 10.1 Å². The zero-order chi connectivity index (χ0) is 10.2. The fourth-order valence-electron chi connectivity index (χ4n) is 0.898. The molecule has 0 aliphatic rings. The van der Waals surface area contributed by atoms with E-state index in [1.165, 1.54) is 7.05 Å². The molecule has 72 valence electrons. The Morgan fingerprint density at radius 3 is 2.38 bits per heavy atom. The van der Waals surface area contributed by atoms with Gasteiger partial charge in [0.1, 0.15) is 6.20 Å². The van der Waals surface area contributed by atoms with Crippen molar-refractivity contribution in [3.8, 4) is 0 Å². The number of sulfone groups is 1. The van der Waals surface area contributed by atoms with Crippen molar-refractivity contribution in [3.05, 3.63) is 16.3 Å². The first kappa shape index (κ1) is 9.65. The maximum Gasteiger partial charge on any atom is 0.343 e. The predicted molar refractivity (Wildman–Crippen MR) is 43.0 cm³/mol. The third-order valence-corrected chi connectivity index (χ3v) is 2.48. The molecule has 7 nitrogen and oxygen atoms in total. The molecule has 0 amide bonds. The molecule has 0 unspecified atom stereocenters. The quantitative estimate of drug-likeness (QED) is 0.489. The molecule has 0 aliphatic heterocycles. The van der Waals surface area contributed by atoms with Crippen LogP contribution >= 0.6 is 0 Å². The lowest BCUT2D eigenvalue weighted by Gasteiger charge is -1.95. The van der Waals surface area contributed by atoms with Crippen LogP contribution < -0.4 is 0 Å². The van der Waals surface area contributed by atoms with Gasteiger partial charge < -0.3 is 10.1 Å². The summed E-state index contributed by atoms with van der Waals surface area (Å²) in [5, 5.41) is 10.0. The minimum Gasteiger partial charge on any atom is -0.358 e. The molecule has 1 heterocycles. The Bertz CT molecular complexity index is 446. The molecule has 0 bridgehead atoms. The molecule has 0 N–H and O–H groups in total. The van der Waals surface area contributed by atoms with Crippen LogP contribution in [0.2, 0.25) is 0 Å². The molecule has 1 aromatic heterocycles. The van der Waals surface area contributed by atoms with Crippen molar-refractivity contribution in [2.75, 3.05) is 6.26 Å². The summed E-state index contributed by atoms with van der Waals surface area (Å²) in [4.78, 5) is 13.1. The van der Waals surface area contributed by atoms with Crippen molar-refractivity contribution in [3.63, 3.8) is 0 Å². The first-order chi connectivity index (χ1) is 5.84. The summed E-state index contributed by atoms with van der Waals surface area (Å²) < 4.78 is 22.9. The van der Waals surface area contributed by atoms with E-state index >= 15 is 0 Å². The van der Waals surface area contributed by atoms with Gasteiger partial charge in [0, 0.05) is 6.26 Å². The van der Waals surface area contributed by atoms with Crippen molar-refractivity contribution in [2.45, 2.75) is 5.16 Å². The monoisotopic (exact) mass is 205 g/mol. The molecule has 0 aliphatic carbocycles. The van der Waals surface area contributed by atoms with Gasteiger partial charge in [-0.15, -0.1) is 0 Å². The normalized spacial score (nSPS) is 11.5. The highest BCUT2D eigenvalue weighted by atomic mass is 32.2. The van der Waals surface area contributed by atoms with Gasteiger partial charge in [-0.25, -0.2) is 8.42 Å². The second kappa shape index (κ2) is 2.80. The van der Waals surface area contributed by atoms with E-state index in [9.17, 15) is 18.5 Å². The molecule has 0 aromatic carbocycles. The number of hydrogen-bond donors (Lipinski definition) is 0. The lowest BCUT2D eigenvalue weighted by Crippen LogP contribution is -2.07. The topological polar surface area (TPSA) is 95.1 Å². The first-order valence-corrected chi connectivity index (χ1v) is 5.09. The molecule has 1 rings (SSSR count). The molecule has 0 saturated carbocycles. The molecular weight excluding hydrogens is 198 g/mol. The number of hydrogen-bond acceptors (Lipinski definition) is 5. The summed E-state index contributed by atoms with van der Waals surface area (Å²) in [5.41, 5.74) is 0. The molecule has 1 aromatic rings. The van der Waals surface area contributed by atoms with Crippen LogP contribution in [-0.4, -0.2) is 29.1 Å². The van der Waals surface area contributed by atoms with Crippen molar-refractivity contribution in [1.82, 2.24) is 9.55 Å². The van der Waals surface area contributed by atoms with Crippen molar-refractivity contribution >= 4 is 15.7 Å². The van der Waals surface area contributed by atoms with E-state index in [0.717, 1.165) is 17.0 Å². The van der Waals surface area contributed by atoms with E-state index in [4.69, 9.17) is 0 Å². The average molecular weight is 205 g/mol. The highest BCUT2D eigenvalue weighted by molar-refractivity contribution is 7.90. The van der Waals surface area contributed by atoms with Crippen LogP contribution in [-0.2, 0) is 16.9 Å². The summed E-state index contributed by atoms with van der Waals surface area (Å²) in [5.74, 6) is -0.347. The zero-order valence-corrected chi connectivity index (χ0v) is 7.78. The highest BCUT2D eigenvalue weighted by Crippen LogP contribution is 2.14. The van der Waals surface area contributed by atoms with Crippen LogP contribution in [0.15, 0.2) is 11.4 Å². The second-order valence-electron chi connectivity index (χ2n) is 2.49. The largest absolute Gasteiger partial charge is 0.358 e. The van der Waals surface area contributed by atoms with E-state index in [1.54, 1.807) is 0 Å². The van der Waals surface area contributed by atoms with E-state index in [-0.39, 0.29) is 11.0 Å². The number of nitrogens with zero attached hydrogens (tertiary/aromatic N) is 3. The van der Waals surface area contributed by atoms with Gasteiger partial charge in [0.2, 0.25) is 9.84 Å². The SMILES string of the molecule is Cn1c([N+](=O)[O-])cnc1S(C)(=O)=O. The Kier molecular flexibility index (Phi) is 2.08. The average Bonchev–Trinajstić information content (AvgIpc) is 2.28. The smallest absolute Gasteiger partial charge is 0.343 e. The van der Waals surface area contributed by atoms with E-state index < -0.39 is 14.8 Å². The minimum absolute atomic E-state index is 0.306. The Balaban J connectivity index is 3.39. The maximum absolute atomic E-state index is 11.0. The number of imidazole rings is 1. The summed E-state index contributed by atoms with van der Waals surface area (Å²) in [7, 11) is -2.22. The molecule has 0 fully saturated rings. The Labute approximate surface area is 74.1 Å². The van der Waals surface area contributed by atoms with Gasteiger partial charge in [-0.05, 0) is 4.92 Å². The van der Waals surface area contributed by atoms with E-state index in [2.05, 4.69) is 4.98 Å².